The molecule has 46 heteroatoms. The van der Waals surface area contributed by atoms with Crippen molar-refractivity contribution < 1.29 is 208 Å². The Morgan fingerprint density at radius 3 is 1.16 bits per heavy atom. The molecular weight excluding hydrogens is 1760 g/mol. The number of carbonyl (C=O) groups excluding carboxylic acids is 4. The molecule has 0 radical (unpaired) electrons. The fourth-order valence-corrected chi connectivity index (χ4v) is 17.1. The Bertz CT molecular complexity index is 3280. The summed E-state index contributed by atoms with van der Waals surface area (Å²) in [6.45, 7) is -6.67. The van der Waals surface area contributed by atoms with Gasteiger partial charge < -0.3 is 196 Å². The molecule has 0 spiro atoms. The summed E-state index contributed by atoms with van der Waals surface area (Å²) < 4.78 is 61.8. The summed E-state index contributed by atoms with van der Waals surface area (Å²) in [5, 5.41) is 272. The summed E-state index contributed by atoms with van der Waals surface area (Å²) in [6.07, 6.45) is -25.1. The zero-order chi connectivity index (χ0) is 98.0. The molecule has 0 aliphatic carbocycles. The molecule has 0 bridgehead atoms. The van der Waals surface area contributed by atoms with Gasteiger partial charge in [0, 0.05) is 26.4 Å². The van der Waals surface area contributed by atoms with E-state index in [1.54, 1.807) is 0 Å². The molecule has 5 saturated heterocycles. The molecule has 0 unspecified atom stereocenters. The number of ether oxygens (including phenoxy) is 11. The molecule has 132 heavy (non-hydrogen) atoms. The number of methoxy groups -OCH3 is 1. The van der Waals surface area contributed by atoms with E-state index in [4.69, 9.17) is 52.1 Å². The Kier molecular flexibility index (Phi) is 54.1. The Hall–Kier alpha value is -4.99. The number of aliphatic carboxylic acids is 3. The van der Waals surface area contributed by atoms with Crippen LogP contribution < -0.4 is 21.3 Å². The van der Waals surface area contributed by atoms with Crippen LogP contribution in [0.25, 0.3) is 0 Å². The van der Waals surface area contributed by atoms with Crippen molar-refractivity contribution in [1.82, 2.24) is 21.3 Å². The van der Waals surface area contributed by atoms with Crippen LogP contribution in [0.2, 0.25) is 0 Å². The minimum absolute atomic E-state index is 0.0582. The van der Waals surface area contributed by atoms with E-state index in [1.807, 2.05) is 0 Å². The lowest BCUT2D eigenvalue weighted by Gasteiger charge is -2.50. The summed E-state index contributed by atoms with van der Waals surface area (Å²) >= 11 is 0. The number of amides is 4. The number of rotatable bonds is 68. The number of carbonyl (C=O) groups is 7. The molecule has 28 N–H and O–H groups in total. The second-order valence-corrected chi connectivity index (χ2v) is 35.3. The van der Waals surface area contributed by atoms with Crippen LogP contribution in [0, 0.1) is 0 Å². The number of unbranched alkanes of at least 4 members (excludes halogenated alkanes) is 28. The summed E-state index contributed by atoms with van der Waals surface area (Å²) in [4.78, 5) is 93.5. The summed E-state index contributed by atoms with van der Waals surface area (Å²) in [5.74, 6) is -21.8. The average Bonchev–Trinajstić information content (AvgIpc) is 0.744. The third-order valence-electron chi connectivity index (χ3n) is 25.1. The maximum Gasteiger partial charge on any atom is 0.364 e. The zero-order valence-corrected chi connectivity index (χ0v) is 75.9. The maximum atomic E-state index is 14.1. The topological polar surface area (TPSA) is 755 Å². The molecule has 46 nitrogen and oxygen atoms in total. The van der Waals surface area contributed by atoms with Crippen LogP contribution in [0.3, 0.4) is 0 Å². The third kappa shape index (κ3) is 35.4. The predicted molar refractivity (Wildman–Crippen MR) is 455 cm³/mol. The second-order valence-electron chi connectivity index (χ2n) is 35.3. The molecule has 0 saturated carbocycles. The van der Waals surface area contributed by atoms with E-state index < -0.39 is 315 Å². The molecule has 5 heterocycles. The Labute approximate surface area is 767 Å². The van der Waals surface area contributed by atoms with Gasteiger partial charge in [-0.05, 0) is 12.8 Å². The summed E-state index contributed by atoms with van der Waals surface area (Å²) in [7, 11) is 1.00. The minimum atomic E-state index is -3.51. The van der Waals surface area contributed by atoms with Crippen molar-refractivity contribution in [2.45, 2.75) is 433 Å². The van der Waals surface area contributed by atoms with Gasteiger partial charge in [0.25, 0.3) is 17.4 Å². The lowest BCUT2D eigenvalue weighted by atomic mass is 9.88. The molecule has 5 fully saturated rings. The van der Waals surface area contributed by atoms with E-state index >= 15 is 0 Å². The molecule has 770 valence electrons. The van der Waals surface area contributed by atoms with Crippen molar-refractivity contribution in [1.29, 1.82) is 0 Å². The Morgan fingerprint density at radius 2 is 0.780 bits per heavy atom. The van der Waals surface area contributed by atoms with Crippen molar-refractivity contribution in [3.8, 4) is 0 Å². The molecule has 5 aliphatic heterocycles. The Morgan fingerprint density at radius 1 is 0.409 bits per heavy atom. The molecule has 0 aromatic carbocycles. The third-order valence-corrected chi connectivity index (χ3v) is 25.1. The fraction of sp³-hybridized carbons (Fsp3) is 0.919. The monoisotopic (exact) mass is 1920 g/mol. The number of carboxylic acid groups (broad SMARTS) is 3. The first-order valence-electron chi connectivity index (χ1n) is 46.8. The van der Waals surface area contributed by atoms with Crippen LogP contribution in [0.1, 0.15) is 239 Å². The highest BCUT2D eigenvalue weighted by Crippen LogP contribution is 2.41. The highest BCUT2D eigenvalue weighted by Gasteiger charge is 2.63. The molecule has 0 aromatic rings. The SMILES string of the molecule is CCCCCCCCCCCCCCCCCCCCC[C@@H](O)C(=O)N[C@@H](CO[C@@H]1O[C@H](CO)[C@@H](O[C@@H]2O[C@H](CO)[C@H](O)[C@H](O[C@]3(C(=O)O)C[C@H](O)[C@@H](NC(=O)CO[C@]4(C(=O)O)C[C@H](O)[C@@H](NC(=O)CO[C@]5(C(=O)O)C[C@H](O)[C@@H](NC(=O)CO)[C@H]([C@H](O)[C@@H](CO)OC)O5)[C@H]([C@H](O)[C@H](O)CO)O4)[C@H]([C@H](O)[C@H](O)CO)O3)[C@H]2O)[C@H](O)[C@H]1O)[C@H](O)[C@H](O)CCCCCCCCCCCCC. The van der Waals surface area contributed by atoms with Crippen molar-refractivity contribution in [3.05, 3.63) is 0 Å². The lowest BCUT2D eigenvalue weighted by molar-refractivity contribution is -0.386. The number of hydrogen-bond donors (Lipinski definition) is 28. The minimum Gasteiger partial charge on any atom is -0.477 e. The van der Waals surface area contributed by atoms with Gasteiger partial charge in [-0.1, -0.05) is 206 Å². The van der Waals surface area contributed by atoms with Gasteiger partial charge in [0.1, 0.15) is 136 Å². The lowest BCUT2D eigenvalue weighted by Crippen LogP contribution is -2.71. The van der Waals surface area contributed by atoms with E-state index in [2.05, 4.69) is 35.1 Å². The van der Waals surface area contributed by atoms with Gasteiger partial charge in [0.2, 0.25) is 23.6 Å². The van der Waals surface area contributed by atoms with Crippen LogP contribution in [0.5, 0.6) is 0 Å². The maximum absolute atomic E-state index is 14.1. The predicted octanol–water partition coefficient (Wildman–Crippen LogP) is -5.19. The molecule has 4 amide bonds. The van der Waals surface area contributed by atoms with Gasteiger partial charge >= 0.3 is 17.9 Å². The Balaban J connectivity index is 1.27. The standard InChI is InChI=1S/C86H154N4O42/c1-4-6-8-10-12-14-16-17-18-19-20-21-22-23-25-27-29-31-33-35-50(98)78(115)87-48(65(107)49(97)34-32-30-28-26-24-15-13-11-9-7-5-2)45-123-79-71(113)70(112)73(58(43-95)127-79)128-80-72(114)77(69(111)57(42-94)126-80)132-86(83(120)121)38-53(101)63(75(131-86)67(109)55(103)40-92)90-61(106)46-124-84(81(116)117)36-51(99)62(74(129-84)66(108)54(102)39-91)89-60(105)47-125-85(82(118)119)37-52(100)64(88-59(104)44-96)76(130-85)68(110)56(41-93)122-3/h48-58,62-77,79-80,91-103,107-114H,4-47H2,1-3H3,(H,87,115)(H,88,104)(H,89,105)(H,90,106)(H,116,117)(H,118,119)(H,120,121)/t48-,49+,50+,51-,52-,53-,54+,55+,56+,57+,58+,62+,63+,64+,65-,66+,67+,68+,69-,70+,71+,72+,73+,74+,75+,76+,77-,79+,80-,84+,85+,86-/m0/s1. The van der Waals surface area contributed by atoms with Crippen LogP contribution in [0.4, 0.5) is 0 Å². The van der Waals surface area contributed by atoms with Crippen molar-refractivity contribution in [2.75, 3.05) is 66.6 Å². The van der Waals surface area contributed by atoms with Gasteiger partial charge in [-0.2, -0.15) is 0 Å². The van der Waals surface area contributed by atoms with E-state index in [0.717, 1.165) is 84.2 Å². The van der Waals surface area contributed by atoms with Gasteiger partial charge in [0.05, 0.1) is 88.2 Å². The van der Waals surface area contributed by atoms with Gasteiger partial charge in [-0.3, -0.25) is 19.2 Å². The van der Waals surface area contributed by atoms with Crippen LogP contribution in [-0.2, 0) is 85.7 Å². The molecular formula is C86H154N4O42. The first-order chi connectivity index (χ1) is 62.9. The first-order valence-corrected chi connectivity index (χ1v) is 46.8. The normalized spacial score (nSPS) is 31.6. The number of aliphatic hydroxyl groups is 21. The van der Waals surface area contributed by atoms with Crippen molar-refractivity contribution >= 4 is 41.5 Å². The van der Waals surface area contributed by atoms with Gasteiger partial charge in [-0.25, -0.2) is 14.4 Å². The van der Waals surface area contributed by atoms with E-state index in [-0.39, 0.29) is 12.8 Å². The van der Waals surface area contributed by atoms with E-state index in [1.165, 1.54) is 103 Å². The largest absolute Gasteiger partial charge is 0.477 e. The zero-order valence-electron chi connectivity index (χ0n) is 75.9. The average molecular weight is 1920 g/mol. The van der Waals surface area contributed by atoms with E-state index in [9.17, 15) is 156 Å². The van der Waals surface area contributed by atoms with Gasteiger partial charge in [0.15, 0.2) is 12.6 Å². The van der Waals surface area contributed by atoms with Crippen LogP contribution in [0.15, 0.2) is 0 Å². The highest BCUT2D eigenvalue weighted by molar-refractivity contribution is 5.82. The van der Waals surface area contributed by atoms with E-state index in [0.29, 0.717) is 12.8 Å². The number of nitrogens with one attached hydrogen (secondary N) is 4. The van der Waals surface area contributed by atoms with Crippen LogP contribution in [-0.4, -0.2) is 425 Å². The number of carboxylic acids is 3. The van der Waals surface area contributed by atoms with Gasteiger partial charge in [-0.15, -0.1) is 0 Å². The molecule has 32 atom stereocenters. The molecule has 5 rings (SSSR count). The smallest absolute Gasteiger partial charge is 0.364 e. The van der Waals surface area contributed by atoms with Crippen LogP contribution >= 0.6 is 0 Å². The number of aliphatic hydroxyl groups excluding tert-OH is 21. The van der Waals surface area contributed by atoms with Crippen molar-refractivity contribution in [3.63, 3.8) is 0 Å². The highest BCUT2D eigenvalue weighted by atomic mass is 16.8. The first kappa shape index (κ1) is 118. The summed E-state index contributed by atoms with van der Waals surface area (Å²) in [5.41, 5.74) is 0. The quantitative estimate of drug-likeness (QED) is 0.0253. The van der Waals surface area contributed by atoms with Crippen molar-refractivity contribution in [2.24, 2.45) is 0 Å². The fourth-order valence-electron chi connectivity index (χ4n) is 17.1. The molecule has 0 aromatic heterocycles. The second kappa shape index (κ2) is 60.8. The number of hydrogen-bond acceptors (Lipinski definition) is 39. The molecule has 5 aliphatic rings. The summed E-state index contributed by atoms with van der Waals surface area (Å²) in [6, 6.07) is -7.65.